The molecule has 1 aliphatic rings. The largest absolute Gasteiger partial charge is 0.494 e. The van der Waals surface area contributed by atoms with Gasteiger partial charge in [-0.3, -0.25) is 0 Å². The van der Waals surface area contributed by atoms with Crippen LogP contribution in [0.2, 0.25) is 0 Å². The van der Waals surface area contributed by atoms with Crippen LogP contribution in [0, 0.1) is 0 Å². The van der Waals surface area contributed by atoms with Gasteiger partial charge in [0.25, 0.3) is 0 Å². The van der Waals surface area contributed by atoms with Crippen LogP contribution >= 0.6 is 0 Å². The molecule has 23 heavy (non-hydrogen) atoms. The molecule has 2 aromatic carbocycles. The van der Waals surface area contributed by atoms with Crippen molar-refractivity contribution in [3.8, 4) is 0 Å². The maximum atomic E-state index is 6.06. The Hall–Kier alpha value is -1.98. The molecular weight excluding hydrogens is 287 g/mol. The molecule has 0 bridgehead atoms. The van der Waals surface area contributed by atoms with Gasteiger partial charge in [-0.15, -0.1) is 0 Å². The number of anilines is 3. The van der Waals surface area contributed by atoms with Crippen LogP contribution in [-0.2, 0) is 9.31 Å². The van der Waals surface area contributed by atoms with Crippen LogP contribution in [0.1, 0.15) is 27.7 Å². The van der Waals surface area contributed by atoms with E-state index in [4.69, 9.17) is 15.0 Å². The molecule has 1 heterocycles. The minimum absolute atomic E-state index is 0.321. The number of hydrogen-bond donors (Lipinski definition) is 2. The summed E-state index contributed by atoms with van der Waals surface area (Å²) in [6, 6.07) is 15.8. The Morgan fingerprint density at radius 1 is 0.783 bits per heavy atom. The van der Waals surface area contributed by atoms with Gasteiger partial charge in [-0.1, -0.05) is 12.1 Å². The molecule has 0 amide bonds. The van der Waals surface area contributed by atoms with Crippen molar-refractivity contribution in [3.05, 3.63) is 48.5 Å². The molecule has 120 valence electrons. The maximum Gasteiger partial charge on any atom is 0.494 e. The van der Waals surface area contributed by atoms with E-state index in [-0.39, 0.29) is 18.3 Å². The first-order valence-electron chi connectivity index (χ1n) is 7.85. The molecule has 3 N–H and O–H groups in total. The van der Waals surface area contributed by atoms with E-state index in [1.165, 1.54) is 0 Å². The fourth-order valence-corrected chi connectivity index (χ4v) is 2.44. The van der Waals surface area contributed by atoms with Gasteiger partial charge in [0.05, 0.1) is 11.2 Å². The summed E-state index contributed by atoms with van der Waals surface area (Å²) in [7, 11) is -0.328. The summed E-state index contributed by atoms with van der Waals surface area (Å²) in [4.78, 5) is 0. The topological polar surface area (TPSA) is 56.5 Å². The molecule has 0 saturated carbocycles. The van der Waals surface area contributed by atoms with E-state index < -0.39 is 0 Å². The summed E-state index contributed by atoms with van der Waals surface area (Å²) >= 11 is 0. The SMILES string of the molecule is CC1(C)OB(c2ccc(Nc3ccc(N)cc3)cc2)OC1(C)C. The van der Waals surface area contributed by atoms with Crippen LogP contribution in [0.15, 0.2) is 48.5 Å². The van der Waals surface area contributed by atoms with Gasteiger partial charge in [-0.2, -0.15) is 0 Å². The number of benzene rings is 2. The first-order chi connectivity index (χ1) is 10.8. The van der Waals surface area contributed by atoms with Gasteiger partial charge in [0, 0.05) is 17.1 Å². The lowest BCUT2D eigenvalue weighted by molar-refractivity contribution is 0.00578. The third kappa shape index (κ3) is 3.21. The summed E-state index contributed by atoms with van der Waals surface area (Å²) in [5.74, 6) is 0. The number of rotatable bonds is 3. The predicted octanol–water partition coefficient (Wildman–Crippen LogP) is 3.31. The highest BCUT2D eigenvalue weighted by molar-refractivity contribution is 6.62. The molecular formula is C18H23BN2O2. The Morgan fingerprint density at radius 2 is 1.22 bits per heavy atom. The van der Waals surface area contributed by atoms with Gasteiger partial charge in [-0.05, 0) is 69.6 Å². The van der Waals surface area contributed by atoms with Gasteiger partial charge in [-0.25, -0.2) is 0 Å². The first-order valence-corrected chi connectivity index (χ1v) is 7.85. The van der Waals surface area contributed by atoms with Crippen LogP contribution in [0.5, 0.6) is 0 Å². The molecule has 5 heteroatoms. The summed E-state index contributed by atoms with van der Waals surface area (Å²) < 4.78 is 12.1. The summed E-state index contributed by atoms with van der Waals surface area (Å²) in [6.45, 7) is 8.24. The van der Waals surface area contributed by atoms with Crippen molar-refractivity contribution in [2.45, 2.75) is 38.9 Å². The van der Waals surface area contributed by atoms with Crippen molar-refractivity contribution in [2.75, 3.05) is 11.1 Å². The van der Waals surface area contributed by atoms with Gasteiger partial charge < -0.3 is 20.4 Å². The fraction of sp³-hybridized carbons (Fsp3) is 0.333. The maximum absolute atomic E-state index is 6.06. The van der Waals surface area contributed by atoms with Crippen LogP contribution in [0.3, 0.4) is 0 Å². The zero-order valence-electron chi connectivity index (χ0n) is 14.1. The molecule has 4 nitrogen and oxygen atoms in total. The van der Waals surface area contributed by atoms with Crippen molar-refractivity contribution in [2.24, 2.45) is 0 Å². The van der Waals surface area contributed by atoms with E-state index in [0.717, 1.165) is 22.5 Å². The van der Waals surface area contributed by atoms with E-state index in [2.05, 4.69) is 33.0 Å². The Balaban J connectivity index is 1.72. The molecule has 0 spiro atoms. The Morgan fingerprint density at radius 3 is 1.70 bits per heavy atom. The summed E-state index contributed by atoms with van der Waals surface area (Å²) in [5.41, 5.74) is 8.84. The van der Waals surface area contributed by atoms with Gasteiger partial charge >= 0.3 is 7.12 Å². The zero-order valence-corrected chi connectivity index (χ0v) is 14.1. The van der Waals surface area contributed by atoms with Crippen molar-refractivity contribution in [1.82, 2.24) is 0 Å². The molecule has 0 unspecified atom stereocenters. The third-order valence-electron chi connectivity index (χ3n) is 4.64. The summed E-state index contributed by atoms with van der Waals surface area (Å²) in [6.07, 6.45) is 0. The normalized spacial score (nSPS) is 18.9. The third-order valence-corrected chi connectivity index (χ3v) is 4.64. The molecule has 0 aliphatic carbocycles. The number of nitrogens with two attached hydrogens (primary N) is 1. The zero-order chi connectivity index (χ0) is 16.7. The Bertz CT molecular complexity index is 665. The molecule has 1 fully saturated rings. The lowest BCUT2D eigenvalue weighted by Gasteiger charge is -2.32. The highest BCUT2D eigenvalue weighted by Crippen LogP contribution is 2.36. The Kier molecular flexibility index (Phi) is 3.86. The van der Waals surface area contributed by atoms with Gasteiger partial charge in [0.1, 0.15) is 0 Å². The Labute approximate surface area is 138 Å². The highest BCUT2D eigenvalue weighted by Gasteiger charge is 2.51. The van der Waals surface area contributed by atoms with Crippen molar-refractivity contribution < 1.29 is 9.31 Å². The monoisotopic (exact) mass is 310 g/mol. The van der Waals surface area contributed by atoms with E-state index in [1.54, 1.807) is 0 Å². The highest BCUT2D eigenvalue weighted by atomic mass is 16.7. The molecule has 3 rings (SSSR count). The average Bonchev–Trinajstić information content (AvgIpc) is 2.71. The minimum atomic E-state index is -0.328. The van der Waals surface area contributed by atoms with Crippen molar-refractivity contribution >= 4 is 29.6 Å². The van der Waals surface area contributed by atoms with E-state index in [1.807, 2.05) is 48.5 Å². The second kappa shape index (κ2) is 5.58. The smallest absolute Gasteiger partial charge is 0.399 e. The number of hydrogen-bond acceptors (Lipinski definition) is 4. The van der Waals surface area contributed by atoms with Crippen LogP contribution in [0.4, 0.5) is 17.1 Å². The van der Waals surface area contributed by atoms with Crippen LogP contribution in [0.25, 0.3) is 0 Å². The average molecular weight is 310 g/mol. The lowest BCUT2D eigenvalue weighted by atomic mass is 9.79. The molecule has 1 saturated heterocycles. The van der Waals surface area contributed by atoms with Gasteiger partial charge in [0.15, 0.2) is 0 Å². The lowest BCUT2D eigenvalue weighted by Crippen LogP contribution is -2.41. The van der Waals surface area contributed by atoms with Gasteiger partial charge in [0.2, 0.25) is 0 Å². The number of nitrogens with one attached hydrogen (secondary N) is 1. The van der Waals surface area contributed by atoms with Crippen molar-refractivity contribution in [1.29, 1.82) is 0 Å². The van der Waals surface area contributed by atoms with E-state index in [9.17, 15) is 0 Å². The van der Waals surface area contributed by atoms with E-state index in [0.29, 0.717) is 0 Å². The molecule has 1 aliphatic heterocycles. The van der Waals surface area contributed by atoms with Crippen LogP contribution < -0.4 is 16.5 Å². The van der Waals surface area contributed by atoms with E-state index >= 15 is 0 Å². The van der Waals surface area contributed by atoms with Crippen LogP contribution in [-0.4, -0.2) is 18.3 Å². The predicted molar refractivity (Wildman–Crippen MR) is 96.3 cm³/mol. The van der Waals surface area contributed by atoms with Crippen molar-refractivity contribution in [3.63, 3.8) is 0 Å². The summed E-state index contributed by atoms with van der Waals surface area (Å²) in [5, 5.41) is 3.34. The second-order valence-corrected chi connectivity index (χ2v) is 6.96. The minimum Gasteiger partial charge on any atom is -0.399 e. The number of nitrogen functional groups attached to an aromatic ring is 1. The first kappa shape index (κ1) is 15.9. The molecule has 0 aromatic heterocycles. The molecule has 0 atom stereocenters. The molecule has 0 radical (unpaired) electrons. The fourth-order valence-electron chi connectivity index (χ4n) is 2.44. The quantitative estimate of drug-likeness (QED) is 0.674. The molecule has 2 aromatic rings. The standard InChI is InChI=1S/C18H23BN2O2/c1-17(2)18(3,4)23-19(22-17)13-5-9-15(10-6-13)21-16-11-7-14(20)8-12-16/h5-12,21H,20H2,1-4H3. The second-order valence-electron chi connectivity index (χ2n) is 6.96.